The molecule has 0 bridgehead atoms. The molecule has 2 aromatic carbocycles. The zero-order chi connectivity index (χ0) is 14.8. The van der Waals surface area contributed by atoms with Crippen molar-refractivity contribution in [3.63, 3.8) is 0 Å². The summed E-state index contributed by atoms with van der Waals surface area (Å²) in [4.78, 5) is 4.27. The summed E-state index contributed by atoms with van der Waals surface area (Å²) < 4.78 is 13.9. The van der Waals surface area contributed by atoms with E-state index in [2.05, 4.69) is 26.3 Å². The van der Waals surface area contributed by atoms with Gasteiger partial charge in [-0.25, -0.2) is 9.82 Å². The predicted octanol–water partition coefficient (Wildman–Crippen LogP) is 3.69. The molecule has 0 amide bonds. The van der Waals surface area contributed by atoms with Crippen LogP contribution in [0, 0.1) is 5.82 Å². The first kappa shape index (κ1) is 14.1. The Balaban J connectivity index is 2.18. The minimum absolute atomic E-state index is 0.279. The fraction of sp³-hybridized carbons (Fsp3) is 0.0625. The minimum Gasteiger partial charge on any atom is -0.271 e. The molecular formula is C16H13BrFN3. The predicted molar refractivity (Wildman–Crippen MR) is 85.0 cm³/mol. The van der Waals surface area contributed by atoms with E-state index in [9.17, 15) is 4.39 Å². The Morgan fingerprint density at radius 3 is 2.67 bits per heavy atom. The number of nitrogens with one attached hydrogen (secondary N) is 1. The summed E-state index contributed by atoms with van der Waals surface area (Å²) in [5.74, 6) is 5.45. The van der Waals surface area contributed by atoms with Crippen LogP contribution >= 0.6 is 15.9 Å². The molecule has 1 unspecified atom stereocenters. The number of nitrogens with zero attached hydrogens (tertiary/aromatic N) is 1. The molecule has 0 saturated heterocycles. The van der Waals surface area contributed by atoms with Crippen molar-refractivity contribution >= 4 is 26.7 Å². The molecule has 0 aliphatic carbocycles. The van der Waals surface area contributed by atoms with Gasteiger partial charge in [0.05, 0.1) is 6.04 Å². The number of halogens is 2. The number of rotatable bonds is 3. The molecule has 0 radical (unpaired) electrons. The Kier molecular flexibility index (Phi) is 3.96. The maximum Gasteiger partial charge on any atom is 0.124 e. The van der Waals surface area contributed by atoms with Crippen molar-refractivity contribution in [2.24, 2.45) is 5.84 Å². The molecule has 3 aromatic rings. The number of aromatic nitrogens is 1. The van der Waals surface area contributed by atoms with Gasteiger partial charge < -0.3 is 0 Å². The van der Waals surface area contributed by atoms with Gasteiger partial charge in [-0.15, -0.1) is 0 Å². The molecule has 21 heavy (non-hydrogen) atoms. The molecule has 3 nitrogen and oxygen atoms in total. The van der Waals surface area contributed by atoms with E-state index in [4.69, 9.17) is 5.84 Å². The SMILES string of the molecule is NNC(c1ccc(F)cc1Br)c1cncc2ccccc12. The maximum atomic E-state index is 13.3. The number of nitrogens with two attached hydrogens (primary N) is 1. The van der Waals surface area contributed by atoms with Crippen molar-refractivity contribution in [3.8, 4) is 0 Å². The highest BCUT2D eigenvalue weighted by atomic mass is 79.9. The molecule has 1 aromatic heterocycles. The minimum atomic E-state index is -0.294. The summed E-state index contributed by atoms with van der Waals surface area (Å²) in [6.07, 6.45) is 3.59. The fourth-order valence-corrected chi connectivity index (χ4v) is 3.03. The summed E-state index contributed by atoms with van der Waals surface area (Å²) in [5, 5.41) is 2.10. The van der Waals surface area contributed by atoms with Crippen LogP contribution in [0.3, 0.4) is 0 Å². The molecule has 1 heterocycles. The van der Waals surface area contributed by atoms with Gasteiger partial charge in [-0.3, -0.25) is 10.8 Å². The fourth-order valence-electron chi connectivity index (χ4n) is 2.45. The van der Waals surface area contributed by atoms with Gasteiger partial charge in [0.1, 0.15) is 5.82 Å². The largest absolute Gasteiger partial charge is 0.271 e. The monoisotopic (exact) mass is 345 g/mol. The lowest BCUT2D eigenvalue weighted by Crippen LogP contribution is -2.29. The standard InChI is InChI=1S/C16H13BrFN3/c17-15-7-11(18)5-6-13(15)16(21-19)14-9-20-8-10-3-1-2-4-12(10)14/h1-9,16,21H,19H2. The highest BCUT2D eigenvalue weighted by molar-refractivity contribution is 9.10. The second-order valence-corrected chi connectivity index (χ2v) is 5.57. The molecular weight excluding hydrogens is 333 g/mol. The van der Waals surface area contributed by atoms with Gasteiger partial charge in [-0.2, -0.15) is 0 Å². The van der Waals surface area contributed by atoms with Crippen molar-refractivity contribution in [3.05, 3.63) is 76.3 Å². The number of hydrogen-bond acceptors (Lipinski definition) is 3. The Labute approximate surface area is 130 Å². The van der Waals surface area contributed by atoms with Crippen LogP contribution in [0.1, 0.15) is 17.2 Å². The Bertz CT molecular complexity index is 786. The lowest BCUT2D eigenvalue weighted by Gasteiger charge is -2.19. The summed E-state index contributed by atoms with van der Waals surface area (Å²) in [6.45, 7) is 0. The number of fused-ring (bicyclic) bond motifs is 1. The lowest BCUT2D eigenvalue weighted by molar-refractivity contribution is 0.613. The second-order valence-electron chi connectivity index (χ2n) is 4.72. The van der Waals surface area contributed by atoms with Crippen LogP contribution in [-0.2, 0) is 0 Å². The average Bonchev–Trinajstić information content (AvgIpc) is 2.50. The highest BCUT2D eigenvalue weighted by Gasteiger charge is 2.18. The Hall–Kier alpha value is -1.82. The molecule has 0 saturated carbocycles. The normalized spacial score (nSPS) is 12.5. The van der Waals surface area contributed by atoms with E-state index in [1.807, 2.05) is 30.5 Å². The quantitative estimate of drug-likeness (QED) is 0.562. The molecule has 3 N–H and O–H groups in total. The third-order valence-electron chi connectivity index (χ3n) is 3.45. The third kappa shape index (κ3) is 2.68. The molecule has 106 valence electrons. The molecule has 5 heteroatoms. The van der Waals surface area contributed by atoms with Crippen molar-refractivity contribution in [2.75, 3.05) is 0 Å². The number of benzene rings is 2. The van der Waals surface area contributed by atoms with Crippen LogP contribution in [-0.4, -0.2) is 4.98 Å². The topological polar surface area (TPSA) is 50.9 Å². The molecule has 1 atom stereocenters. The number of hydrazine groups is 1. The van der Waals surface area contributed by atoms with Crippen molar-refractivity contribution in [1.82, 2.24) is 10.4 Å². The first-order valence-corrected chi connectivity index (χ1v) is 7.23. The lowest BCUT2D eigenvalue weighted by atomic mass is 9.96. The zero-order valence-corrected chi connectivity index (χ0v) is 12.6. The van der Waals surface area contributed by atoms with E-state index < -0.39 is 0 Å². The summed E-state index contributed by atoms with van der Waals surface area (Å²) in [6, 6.07) is 12.2. The van der Waals surface area contributed by atoms with E-state index in [1.54, 1.807) is 12.3 Å². The molecule has 0 fully saturated rings. The third-order valence-corrected chi connectivity index (χ3v) is 4.14. The van der Waals surface area contributed by atoms with Gasteiger partial charge in [0.15, 0.2) is 0 Å². The highest BCUT2D eigenvalue weighted by Crippen LogP contribution is 2.32. The van der Waals surface area contributed by atoms with Gasteiger partial charge in [0, 0.05) is 27.8 Å². The van der Waals surface area contributed by atoms with Crippen molar-refractivity contribution in [2.45, 2.75) is 6.04 Å². The van der Waals surface area contributed by atoms with E-state index in [1.165, 1.54) is 12.1 Å². The van der Waals surface area contributed by atoms with Crippen LogP contribution in [0.4, 0.5) is 4.39 Å². The smallest absolute Gasteiger partial charge is 0.124 e. The van der Waals surface area contributed by atoms with E-state index in [0.29, 0.717) is 4.47 Å². The van der Waals surface area contributed by atoms with Crippen LogP contribution in [0.2, 0.25) is 0 Å². The molecule has 3 rings (SSSR count). The first-order chi connectivity index (χ1) is 10.2. The van der Waals surface area contributed by atoms with Gasteiger partial charge in [0.25, 0.3) is 0 Å². The number of hydrogen-bond donors (Lipinski definition) is 2. The molecule has 0 spiro atoms. The van der Waals surface area contributed by atoms with Gasteiger partial charge in [-0.1, -0.05) is 46.3 Å². The van der Waals surface area contributed by atoms with E-state index in [0.717, 1.165) is 21.9 Å². The van der Waals surface area contributed by atoms with Crippen LogP contribution in [0.25, 0.3) is 10.8 Å². The molecule has 0 aliphatic rings. The van der Waals surface area contributed by atoms with Gasteiger partial charge in [-0.05, 0) is 23.1 Å². The van der Waals surface area contributed by atoms with Crippen molar-refractivity contribution < 1.29 is 4.39 Å². The van der Waals surface area contributed by atoms with Gasteiger partial charge in [0.2, 0.25) is 0 Å². The Morgan fingerprint density at radius 1 is 1.10 bits per heavy atom. The second kappa shape index (κ2) is 5.89. The Morgan fingerprint density at radius 2 is 1.90 bits per heavy atom. The first-order valence-electron chi connectivity index (χ1n) is 6.44. The van der Waals surface area contributed by atoms with E-state index >= 15 is 0 Å². The van der Waals surface area contributed by atoms with E-state index in [-0.39, 0.29) is 11.9 Å². The summed E-state index contributed by atoms with van der Waals surface area (Å²) >= 11 is 3.39. The number of pyridine rings is 1. The van der Waals surface area contributed by atoms with Gasteiger partial charge >= 0.3 is 0 Å². The van der Waals surface area contributed by atoms with Crippen LogP contribution in [0.15, 0.2) is 59.3 Å². The summed E-state index contributed by atoms with van der Waals surface area (Å²) in [5.41, 5.74) is 4.60. The summed E-state index contributed by atoms with van der Waals surface area (Å²) in [7, 11) is 0. The van der Waals surface area contributed by atoms with Crippen molar-refractivity contribution in [1.29, 1.82) is 0 Å². The molecule has 0 aliphatic heterocycles. The zero-order valence-electron chi connectivity index (χ0n) is 11.1. The van der Waals surface area contributed by atoms with Crippen LogP contribution < -0.4 is 11.3 Å². The maximum absolute atomic E-state index is 13.3. The van der Waals surface area contributed by atoms with Crippen LogP contribution in [0.5, 0.6) is 0 Å². The average molecular weight is 346 g/mol.